The SMILES string of the molecule is CCOC(=O)CN(CCOC)C(=O)c1ccc(C)c(S(=O)(=O)N(CC)CC)c1. The highest BCUT2D eigenvalue weighted by Gasteiger charge is 2.26. The van der Waals surface area contributed by atoms with Crippen LogP contribution in [0.15, 0.2) is 23.1 Å². The third-order valence-corrected chi connectivity index (χ3v) is 6.43. The van der Waals surface area contributed by atoms with Crippen LogP contribution in [0, 0.1) is 6.92 Å². The van der Waals surface area contributed by atoms with Crippen molar-refractivity contribution in [1.29, 1.82) is 0 Å². The fraction of sp³-hybridized carbons (Fsp3) is 0.579. The van der Waals surface area contributed by atoms with Crippen molar-refractivity contribution in [2.75, 3.05) is 46.5 Å². The highest BCUT2D eigenvalue weighted by atomic mass is 32.2. The Morgan fingerprint density at radius 3 is 2.29 bits per heavy atom. The van der Waals surface area contributed by atoms with Gasteiger partial charge in [-0.2, -0.15) is 4.31 Å². The summed E-state index contributed by atoms with van der Waals surface area (Å²) in [7, 11) is -2.22. The number of nitrogens with zero attached hydrogens (tertiary/aromatic N) is 2. The van der Waals surface area contributed by atoms with Crippen LogP contribution in [-0.2, 0) is 24.3 Å². The van der Waals surface area contributed by atoms with Gasteiger partial charge in [0.05, 0.1) is 18.1 Å². The maximum atomic E-state index is 12.9. The van der Waals surface area contributed by atoms with E-state index >= 15 is 0 Å². The normalized spacial score (nSPS) is 11.5. The Kier molecular flexibility index (Phi) is 9.57. The minimum Gasteiger partial charge on any atom is -0.465 e. The molecule has 0 spiro atoms. The Morgan fingerprint density at radius 1 is 1.11 bits per heavy atom. The van der Waals surface area contributed by atoms with Gasteiger partial charge in [-0.15, -0.1) is 0 Å². The number of amides is 1. The van der Waals surface area contributed by atoms with Crippen molar-refractivity contribution in [1.82, 2.24) is 9.21 Å². The van der Waals surface area contributed by atoms with E-state index in [0.717, 1.165) is 0 Å². The first-order chi connectivity index (χ1) is 13.2. The largest absolute Gasteiger partial charge is 0.465 e. The summed E-state index contributed by atoms with van der Waals surface area (Å²) < 4.78 is 37.1. The third-order valence-electron chi connectivity index (χ3n) is 4.24. The first kappa shape index (κ1) is 24.1. The lowest BCUT2D eigenvalue weighted by Gasteiger charge is -2.23. The molecule has 0 bridgehead atoms. The maximum absolute atomic E-state index is 12.9. The molecule has 28 heavy (non-hydrogen) atoms. The van der Waals surface area contributed by atoms with Gasteiger partial charge in [0.25, 0.3) is 5.91 Å². The zero-order valence-electron chi connectivity index (χ0n) is 17.2. The van der Waals surface area contributed by atoms with Crippen molar-refractivity contribution in [3.8, 4) is 0 Å². The smallest absolute Gasteiger partial charge is 0.325 e. The number of esters is 1. The Balaban J connectivity index is 3.26. The summed E-state index contributed by atoms with van der Waals surface area (Å²) in [5.41, 5.74) is 0.744. The summed E-state index contributed by atoms with van der Waals surface area (Å²) in [5, 5.41) is 0. The second kappa shape index (κ2) is 11.1. The van der Waals surface area contributed by atoms with Crippen LogP contribution in [0.5, 0.6) is 0 Å². The van der Waals surface area contributed by atoms with Crippen molar-refractivity contribution in [2.24, 2.45) is 0 Å². The molecule has 158 valence electrons. The van der Waals surface area contributed by atoms with Gasteiger partial charge in [0, 0.05) is 32.3 Å². The molecule has 0 saturated heterocycles. The molecular formula is C19H30N2O6S. The summed E-state index contributed by atoms with van der Waals surface area (Å²) in [6.07, 6.45) is 0. The van der Waals surface area contributed by atoms with E-state index in [-0.39, 0.29) is 36.8 Å². The molecule has 0 heterocycles. The van der Waals surface area contributed by atoms with Gasteiger partial charge in [0.2, 0.25) is 10.0 Å². The predicted molar refractivity (Wildman–Crippen MR) is 106 cm³/mol. The summed E-state index contributed by atoms with van der Waals surface area (Å²) in [5.74, 6) is -0.990. The molecule has 0 saturated carbocycles. The molecule has 0 fully saturated rings. The van der Waals surface area contributed by atoms with Crippen LogP contribution in [0.1, 0.15) is 36.7 Å². The average molecular weight is 415 g/mol. The number of hydrogen-bond acceptors (Lipinski definition) is 6. The molecule has 0 aromatic heterocycles. The molecule has 9 heteroatoms. The average Bonchev–Trinajstić information content (AvgIpc) is 2.65. The standard InChI is InChI=1S/C19H30N2O6S/c1-6-21(7-2)28(24,25)17-13-16(10-9-15(17)4)19(23)20(11-12-26-5)14-18(22)27-8-3/h9-10,13H,6-8,11-12,14H2,1-5H3. The van der Waals surface area contributed by atoms with Gasteiger partial charge in [0.1, 0.15) is 6.54 Å². The monoisotopic (exact) mass is 414 g/mol. The molecule has 1 rings (SSSR count). The molecule has 1 aromatic carbocycles. The molecule has 1 amide bonds. The lowest BCUT2D eigenvalue weighted by molar-refractivity contribution is -0.143. The lowest BCUT2D eigenvalue weighted by Crippen LogP contribution is -2.39. The quantitative estimate of drug-likeness (QED) is 0.512. The van der Waals surface area contributed by atoms with Crippen LogP contribution >= 0.6 is 0 Å². The Bertz CT molecular complexity index is 775. The zero-order chi connectivity index (χ0) is 21.3. The van der Waals surface area contributed by atoms with E-state index in [4.69, 9.17) is 9.47 Å². The number of methoxy groups -OCH3 is 1. The van der Waals surface area contributed by atoms with Crippen molar-refractivity contribution >= 4 is 21.9 Å². The Labute approximate surface area is 167 Å². The van der Waals surface area contributed by atoms with E-state index in [1.807, 2.05) is 0 Å². The van der Waals surface area contributed by atoms with E-state index in [0.29, 0.717) is 18.7 Å². The van der Waals surface area contributed by atoms with E-state index < -0.39 is 21.9 Å². The summed E-state index contributed by atoms with van der Waals surface area (Å²) in [4.78, 5) is 26.2. The highest BCUT2D eigenvalue weighted by molar-refractivity contribution is 7.89. The number of benzene rings is 1. The molecule has 8 nitrogen and oxygen atoms in total. The van der Waals surface area contributed by atoms with Crippen molar-refractivity contribution in [3.63, 3.8) is 0 Å². The predicted octanol–water partition coefficient (Wildman–Crippen LogP) is 1.68. The molecule has 0 aliphatic carbocycles. The van der Waals surface area contributed by atoms with E-state index in [1.54, 1.807) is 39.8 Å². The number of rotatable bonds is 11. The van der Waals surface area contributed by atoms with Crippen molar-refractivity contribution < 1.29 is 27.5 Å². The second-order valence-electron chi connectivity index (χ2n) is 6.09. The van der Waals surface area contributed by atoms with Crippen molar-refractivity contribution in [3.05, 3.63) is 29.3 Å². The number of carbonyl (C=O) groups excluding carboxylic acids is 2. The van der Waals surface area contributed by atoms with Gasteiger partial charge in [-0.25, -0.2) is 8.42 Å². The van der Waals surface area contributed by atoms with Gasteiger partial charge >= 0.3 is 5.97 Å². The number of carbonyl (C=O) groups is 2. The molecule has 0 aliphatic heterocycles. The molecular weight excluding hydrogens is 384 g/mol. The summed E-state index contributed by atoms with van der Waals surface area (Å²) in [6, 6.07) is 4.53. The number of ether oxygens (including phenoxy) is 2. The van der Waals surface area contributed by atoms with Gasteiger partial charge in [-0.3, -0.25) is 9.59 Å². The Morgan fingerprint density at radius 2 is 1.75 bits per heavy atom. The van der Waals surface area contributed by atoms with Crippen molar-refractivity contribution in [2.45, 2.75) is 32.6 Å². The molecule has 0 unspecified atom stereocenters. The Hall–Kier alpha value is -1.97. The topological polar surface area (TPSA) is 93.2 Å². The van der Waals surface area contributed by atoms with Gasteiger partial charge < -0.3 is 14.4 Å². The van der Waals surface area contributed by atoms with Crippen LogP contribution in [0.25, 0.3) is 0 Å². The second-order valence-corrected chi connectivity index (χ2v) is 8.00. The molecule has 1 aromatic rings. The third kappa shape index (κ3) is 6.02. The molecule has 0 atom stereocenters. The van der Waals surface area contributed by atoms with Crippen LogP contribution in [0.3, 0.4) is 0 Å². The van der Waals surface area contributed by atoms with Gasteiger partial charge in [0.15, 0.2) is 0 Å². The molecule has 0 radical (unpaired) electrons. The fourth-order valence-electron chi connectivity index (χ4n) is 2.71. The van der Waals surface area contributed by atoms with E-state index in [9.17, 15) is 18.0 Å². The first-order valence-corrected chi connectivity index (χ1v) is 10.7. The minimum absolute atomic E-state index is 0.0878. The lowest BCUT2D eigenvalue weighted by atomic mass is 10.1. The highest BCUT2D eigenvalue weighted by Crippen LogP contribution is 2.22. The number of sulfonamides is 1. The van der Waals surface area contributed by atoms with Crippen LogP contribution < -0.4 is 0 Å². The van der Waals surface area contributed by atoms with Crippen LogP contribution in [-0.4, -0.2) is 76.0 Å². The number of hydrogen-bond donors (Lipinski definition) is 0. The van der Waals surface area contributed by atoms with Gasteiger partial charge in [-0.05, 0) is 31.5 Å². The number of aryl methyl sites for hydroxylation is 1. The zero-order valence-corrected chi connectivity index (χ0v) is 18.0. The molecule has 0 N–H and O–H groups in total. The van der Waals surface area contributed by atoms with E-state index in [1.165, 1.54) is 22.4 Å². The first-order valence-electron chi connectivity index (χ1n) is 9.27. The fourth-order valence-corrected chi connectivity index (χ4v) is 4.42. The maximum Gasteiger partial charge on any atom is 0.325 e. The van der Waals surface area contributed by atoms with Gasteiger partial charge in [-0.1, -0.05) is 19.9 Å². The van der Waals surface area contributed by atoms with E-state index in [2.05, 4.69) is 0 Å². The summed E-state index contributed by atoms with van der Waals surface area (Å²) in [6.45, 7) is 7.95. The van der Waals surface area contributed by atoms with Crippen LogP contribution in [0.2, 0.25) is 0 Å². The summed E-state index contributed by atoms with van der Waals surface area (Å²) >= 11 is 0. The molecule has 0 aliphatic rings. The minimum atomic E-state index is -3.72. The van der Waals surface area contributed by atoms with Crippen LogP contribution in [0.4, 0.5) is 0 Å².